The molecule has 0 heterocycles. The van der Waals surface area contributed by atoms with Crippen molar-refractivity contribution in [2.24, 2.45) is 0 Å². The molecule has 0 unspecified atom stereocenters. The zero-order valence-electron chi connectivity index (χ0n) is 67.1. The maximum atomic E-state index is 2.42. The molecule has 0 saturated heterocycles. The summed E-state index contributed by atoms with van der Waals surface area (Å²) in [6.45, 7) is 27.7. The van der Waals surface area contributed by atoms with Crippen LogP contribution in [0.4, 0.5) is 0 Å². The van der Waals surface area contributed by atoms with Gasteiger partial charge in [0.1, 0.15) is 0 Å². The molecule has 0 radical (unpaired) electrons. The first-order chi connectivity index (χ1) is 54.5. The highest BCUT2D eigenvalue weighted by Crippen LogP contribution is 2.57. The summed E-state index contributed by atoms with van der Waals surface area (Å²) in [6, 6.07) is 92.0. The van der Waals surface area contributed by atoms with Crippen molar-refractivity contribution in [1.29, 1.82) is 0 Å². The van der Waals surface area contributed by atoms with Gasteiger partial charge in [0, 0.05) is 0 Å². The lowest BCUT2D eigenvalue weighted by atomic mass is 9.88. The van der Waals surface area contributed by atoms with E-state index in [1.165, 1.54) is 210 Å². The third-order valence-electron chi connectivity index (χ3n) is 27.3. The van der Waals surface area contributed by atoms with Crippen LogP contribution in [0.15, 0.2) is 243 Å². The monoisotopic (exact) mass is 1500 g/mol. The van der Waals surface area contributed by atoms with Crippen molar-refractivity contribution >= 4 is 43.1 Å². The Hall–Kier alpha value is -11.4. The van der Waals surface area contributed by atoms with Crippen LogP contribution in [-0.4, -0.2) is 0 Å². The molecule has 0 aliphatic heterocycles. The molecule has 8 aliphatic rings. The fourth-order valence-corrected chi connectivity index (χ4v) is 22.9. The van der Waals surface area contributed by atoms with E-state index in [9.17, 15) is 0 Å². The normalized spacial score (nSPS) is 13.1. The second-order valence-corrected chi connectivity index (χ2v) is 35.2. The van der Waals surface area contributed by atoms with Crippen LogP contribution in [0.5, 0.6) is 0 Å². The Bertz CT molecular complexity index is 6690. The lowest BCUT2D eigenvalue weighted by molar-refractivity contribution is 0.842. The summed E-state index contributed by atoms with van der Waals surface area (Å²) in [5.41, 5.74) is 59.9. The lowest BCUT2D eigenvalue weighted by Crippen LogP contribution is -1.98. The van der Waals surface area contributed by atoms with Crippen LogP contribution in [-0.2, 0) is 51.4 Å². The topological polar surface area (TPSA) is 0 Å². The quantitative estimate of drug-likeness (QED) is 0.165. The highest BCUT2D eigenvalue weighted by atomic mass is 14.4. The highest BCUT2D eigenvalue weighted by Gasteiger charge is 2.37. The Balaban J connectivity index is 0.000000110. The smallest absolute Gasteiger partial charge is 0.000695 e. The van der Waals surface area contributed by atoms with Gasteiger partial charge in [-0.15, -0.1) is 0 Å². The fraction of sp³-hybridized carbons (Fsp3) is 0.241. The van der Waals surface area contributed by atoms with E-state index in [0.717, 1.165) is 51.4 Å². The van der Waals surface area contributed by atoms with Gasteiger partial charge in [-0.25, -0.2) is 0 Å². The first kappa shape index (κ1) is 77.2. The summed E-state index contributed by atoms with van der Waals surface area (Å²) >= 11 is 0. The lowest BCUT2D eigenvalue weighted by Gasteiger charge is -2.16. The van der Waals surface area contributed by atoms with Crippen LogP contribution in [0.1, 0.15) is 242 Å². The summed E-state index contributed by atoms with van der Waals surface area (Å²) in [4.78, 5) is 0. The van der Waals surface area contributed by atoms with Gasteiger partial charge >= 0.3 is 0 Å². The van der Waals surface area contributed by atoms with Crippen LogP contribution < -0.4 is 0 Å². The highest BCUT2D eigenvalue weighted by molar-refractivity contribution is 6.06. The third kappa shape index (κ3) is 11.9. The number of aryl methyl sites for hydroxylation is 4. The molecular weight excluding hydrogens is 1390 g/mol. The summed E-state index contributed by atoms with van der Waals surface area (Å²) in [7, 11) is 0. The molecule has 16 aromatic carbocycles. The van der Waals surface area contributed by atoms with Gasteiger partial charge in [0.05, 0.1) is 0 Å². The van der Waals surface area contributed by atoms with Crippen molar-refractivity contribution in [2.45, 2.75) is 188 Å². The van der Waals surface area contributed by atoms with Crippen molar-refractivity contribution in [1.82, 2.24) is 0 Å². The minimum Gasteiger partial charge on any atom is -0.0776 e. The van der Waals surface area contributed by atoms with E-state index in [-0.39, 0.29) is 29.7 Å². The van der Waals surface area contributed by atoms with Crippen LogP contribution in [0.2, 0.25) is 0 Å². The van der Waals surface area contributed by atoms with Gasteiger partial charge in [0.15, 0.2) is 0 Å². The Kier molecular flexibility index (Phi) is 19.5. The van der Waals surface area contributed by atoms with E-state index < -0.39 is 0 Å². The predicted molar refractivity (Wildman–Crippen MR) is 504 cm³/mol. The Morgan fingerprint density at radius 1 is 0.181 bits per heavy atom. The molecule has 0 saturated carbocycles. The molecule has 8 aliphatic carbocycles. The molecule has 0 aromatic heterocycles. The number of fused-ring (bicyclic) bond motifs is 34. The van der Waals surface area contributed by atoms with Crippen molar-refractivity contribution in [3.63, 3.8) is 0 Å². The molecule has 24 rings (SSSR count). The first-order valence-electron chi connectivity index (χ1n) is 41.7. The first-order valence-corrected chi connectivity index (χ1v) is 41.7. The fourth-order valence-electron chi connectivity index (χ4n) is 22.9. The molecular formula is C116H112. The number of rotatable bonds is 4. The van der Waals surface area contributed by atoms with E-state index in [2.05, 4.69) is 326 Å². The summed E-state index contributed by atoms with van der Waals surface area (Å²) in [5.74, 6) is 2.26. The number of hydrogen-bond acceptors (Lipinski definition) is 0. The van der Waals surface area contributed by atoms with E-state index in [1.807, 2.05) is 0 Å². The zero-order chi connectivity index (χ0) is 76.0. The average Bonchev–Trinajstić information content (AvgIpc) is 1.58. The van der Waals surface area contributed by atoms with E-state index in [1.54, 1.807) is 55.6 Å². The van der Waals surface area contributed by atoms with Crippen LogP contribution in [0, 0.1) is 27.7 Å². The molecule has 0 atom stereocenters. The van der Waals surface area contributed by atoms with Gasteiger partial charge in [0.2, 0.25) is 0 Å². The van der Waals surface area contributed by atoms with Crippen LogP contribution >= 0.6 is 0 Å². The molecule has 576 valence electrons. The molecule has 116 heavy (non-hydrogen) atoms. The molecule has 0 amide bonds. The van der Waals surface area contributed by atoms with E-state index >= 15 is 0 Å². The summed E-state index contributed by atoms with van der Waals surface area (Å²) < 4.78 is 0. The molecule has 16 aromatic rings. The van der Waals surface area contributed by atoms with Crippen LogP contribution in [0.25, 0.3) is 132 Å². The summed E-state index contributed by atoms with van der Waals surface area (Å²) in [5, 5.41) is 10.9. The minimum absolute atomic E-state index is 0. The molecule has 0 fully saturated rings. The van der Waals surface area contributed by atoms with Gasteiger partial charge < -0.3 is 0 Å². The van der Waals surface area contributed by atoms with Crippen molar-refractivity contribution in [3.05, 3.63) is 376 Å². The SMILES string of the molecule is C.C.C.C.Cc1ccc2c(c1C(C)C)Cc1ccc3c(c1-2)-c1cc2ccccc2cc1C3.Cc1ccc2c(c1C(C)C)Cc1ccc3c(c1-2)-c1ccc2ccccc2c1C3.Cc1ccc2c(c1C(C)C)Cc1ccc3c(c1-2)Cc1cc2ccccc2cc1-3.Cc1ccc2c(c1C(C)C)Cc1ccc3c(c1-2)Cc1ccc2ccccc2c1-3. The van der Waals surface area contributed by atoms with Crippen molar-refractivity contribution < 1.29 is 0 Å². The largest absolute Gasteiger partial charge is 0.0776 e. The molecule has 0 nitrogen and oxygen atoms in total. The Morgan fingerprint density at radius 2 is 0.440 bits per heavy atom. The average molecular weight is 1510 g/mol. The Morgan fingerprint density at radius 3 is 0.897 bits per heavy atom. The second-order valence-electron chi connectivity index (χ2n) is 35.2. The van der Waals surface area contributed by atoms with Gasteiger partial charge in [-0.1, -0.05) is 316 Å². The maximum absolute atomic E-state index is 2.42. The van der Waals surface area contributed by atoms with Gasteiger partial charge in [-0.3, -0.25) is 0 Å². The standard InChI is InChI=1S/4C28H24.4CH4/c1-16(2)26-17(3)8-12-23-25(26)15-20-10-9-19-14-24-21-7-5-4-6-18(21)11-13-22(24)27(19)28(20)23;1-16(2)26-17(3)8-12-22-24(26)14-20-11-13-23-25(28(20)22)15-19-10-9-18-6-4-5-7-21(18)27(19)23;1-16(2)26-17(3)8-11-23-25(26)15-21-10-9-20-13-22-12-18-6-4-5-7-19(18)14-24(22)28(20)27(21)23;1-16(2)27-17(3)8-10-23-26(27)14-20-9-11-22-24-13-19-7-5-4-6-18(19)12-21(24)15-25(22)28(20)23;;;;/h2*4-13,16H,14-15H2,1-3H3;4-12,14,16H,13,15H2,1-3H3;4-13,16H,14-15H2,1-3H3;4*1H4. The number of hydrogen-bond donors (Lipinski definition) is 0. The van der Waals surface area contributed by atoms with Crippen molar-refractivity contribution in [3.8, 4) is 89.0 Å². The van der Waals surface area contributed by atoms with Crippen LogP contribution in [0.3, 0.4) is 0 Å². The summed E-state index contributed by atoms with van der Waals surface area (Å²) in [6.07, 6.45) is 8.56. The van der Waals surface area contributed by atoms with Gasteiger partial charge in [0.25, 0.3) is 0 Å². The van der Waals surface area contributed by atoms with Crippen molar-refractivity contribution in [2.75, 3.05) is 0 Å². The third-order valence-corrected chi connectivity index (χ3v) is 27.3. The molecule has 0 heteroatoms. The zero-order valence-corrected chi connectivity index (χ0v) is 67.1. The molecule has 0 bridgehead atoms. The molecule has 0 spiro atoms. The molecule has 0 N–H and O–H groups in total. The minimum atomic E-state index is 0. The Labute approximate surface area is 691 Å². The van der Waals surface area contributed by atoms with E-state index in [0.29, 0.717) is 23.7 Å². The number of benzene rings is 16. The van der Waals surface area contributed by atoms with Gasteiger partial charge in [-0.2, -0.15) is 0 Å². The van der Waals surface area contributed by atoms with Gasteiger partial charge in [-0.05, 0) is 380 Å². The van der Waals surface area contributed by atoms with E-state index in [4.69, 9.17) is 0 Å². The second kappa shape index (κ2) is 29.4. The predicted octanol–water partition coefficient (Wildman–Crippen LogP) is 32.2. The maximum Gasteiger partial charge on any atom is -0.000695 e.